The predicted molar refractivity (Wildman–Crippen MR) is 88.4 cm³/mol. The van der Waals surface area contributed by atoms with Crippen LogP contribution in [0.3, 0.4) is 0 Å². The summed E-state index contributed by atoms with van der Waals surface area (Å²) in [5, 5.41) is 11.4. The molecule has 1 aromatic carbocycles. The number of hydrogen-bond donors (Lipinski definition) is 0. The first-order valence-electron chi connectivity index (χ1n) is 7.58. The van der Waals surface area contributed by atoms with E-state index in [-0.39, 0.29) is 17.9 Å². The van der Waals surface area contributed by atoms with Crippen molar-refractivity contribution in [1.29, 1.82) is 0 Å². The Morgan fingerprint density at radius 1 is 1.36 bits per heavy atom. The molecule has 1 aliphatic heterocycles. The van der Waals surface area contributed by atoms with Gasteiger partial charge >= 0.3 is 5.97 Å². The van der Waals surface area contributed by atoms with E-state index >= 15 is 0 Å². The van der Waals surface area contributed by atoms with Crippen molar-refractivity contribution in [3.63, 3.8) is 0 Å². The minimum atomic E-state index is -0.739. The second-order valence-electron chi connectivity index (χ2n) is 5.27. The Morgan fingerprint density at radius 2 is 2.08 bits per heavy atom. The molecule has 0 radical (unpaired) electrons. The van der Waals surface area contributed by atoms with Crippen molar-refractivity contribution in [2.24, 2.45) is 0 Å². The lowest BCUT2D eigenvalue weighted by atomic mass is 9.83. The van der Waals surface area contributed by atoms with Crippen LogP contribution in [0.1, 0.15) is 18.4 Å². The highest BCUT2D eigenvalue weighted by molar-refractivity contribution is 5.91. The van der Waals surface area contributed by atoms with E-state index in [2.05, 4.69) is 0 Å². The number of esters is 1. The molecule has 1 unspecified atom stereocenters. The highest BCUT2D eigenvalue weighted by atomic mass is 16.6. The molecule has 0 fully saturated rings. The third kappa shape index (κ3) is 3.85. The molecule has 0 N–H and O–H groups in total. The summed E-state index contributed by atoms with van der Waals surface area (Å²) in [6, 6.07) is 6.15. The second-order valence-corrected chi connectivity index (χ2v) is 5.27. The maximum absolute atomic E-state index is 12.3. The largest absolute Gasteiger partial charge is 0.466 e. The van der Waals surface area contributed by atoms with Gasteiger partial charge in [-0.2, -0.15) is 0 Å². The van der Waals surface area contributed by atoms with Crippen LogP contribution in [-0.4, -0.2) is 42.5 Å². The molecule has 25 heavy (non-hydrogen) atoms. The van der Waals surface area contributed by atoms with Gasteiger partial charge in [0.25, 0.3) is 12.2 Å². The fraction of sp³-hybridized carbons (Fsp3) is 0.294. The summed E-state index contributed by atoms with van der Waals surface area (Å²) in [5.41, 5.74) is 1.00. The lowest BCUT2D eigenvalue weighted by Gasteiger charge is -2.30. The minimum Gasteiger partial charge on any atom is -0.466 e. The first kappa shape index (κ1) is 18.2. The maximum atomic E-state index is 12.3. The van der Waals surface area contributed by atoms with Crippen LogP contribution in [-0.2, 0) is 19.1 Å². The van der Waals surface area contributed by atoms with Crippen molar-refractivity contribution in [2.45, 2.75) is 12.8 Å². The molecule has 8 nitrogen and oxygen atoms in total. The van der Waals surface area contributed by atoms with Crippen LogP contribution in [0, 0.1) is 10.1 Å². The zero-order chi connectivity index (χ0) is 18.4. The summed E-state index contributed by atoms with van der Waals surface area (Å²) in [7, 11) is 1.25. The molecular weight excluding hydrogens is 328 g/mol. The number of methoxy groups -OCH3 is 1. The van der Waals surface area contributed by atoms with Crippen molar-refractivity contribution < 1.29 is 24.0 Å². The summed E-state index contributed by atoms with van der Waals surface area (Å²) >= 11 is 0. The van der Waals surface area contributed by atoms with E-state index in [1.807, 2.05) is 6.92 Å². The highest BCUT2D eigenvalue weighted by Gasteiger charge is 2.35. The number of hydrogen-bond acceptors (Lipinski definition) is 7. The molecule has 0 amide bonds. The lowest BCUT2D eigenvalue weighted by Crippen LogP contribution is -2.27. The van der Waals surface area contributed by atoms with Gasteiger partial charge in [0.2, 0.25) is 0 Å². The SMILES string of the molecule is CCN1C=C(COC=O)C(c2ccccc2[N+](=O)[O-])C(C(=O)OC)=C1. The second kappa shape index (κ2) is 8.09. The number of benzene rings is 1. The molecule has 1 heterocycles. The topological polar surface area (TPSA) is 99.0 Å². The Balaban J connectivity index is 2.62. The zero-order valence-electron chi connectivity index (χ0n) is 13.9. The van der Waals surface area contributed by atoms with Crippen LogP contribution in [0.15, 0.2) is 47.8 Å². The zero-order valence-corrected chi connectivity index (χ0v) is 13.9. The monoisotopic (exact) mass is 346 g/mol. The molecule has 0 bridgehead atoms. The predicted octanol–water partition coefficient (Wildman–Crippen LogP) is 2.13. The van der Waals surface area contributed by atoms with Gasteiger partial charge in [-0.1, -0.05) is 18.2 Å². The number of para-hydroxylation sites is 1. The Labute approximate surface area is 144 Å². The van der Waals surface area contributed by atoms with Gasteiger partial charge in [-0.15, -0.1) is 0 Å². The summed E-state index contributed by atoms with van der Waals surface area (Å²) < 4.78 is 9.70. The molecule has 0 aromatic heterocycles. The van der Waals surface area contributed by atoms with Crippen molar-refractivity contribution in [1.82, 2.24) is 4.90 Å². The third-order valence-corrected chi connectivity index (χ3v) is 3.87. The van der Waals surface area contributed by atoms with Crippen molar-refractivity contribution in [3.05, 3.63) is 63.5 Å². The van der Waals surface area contributed by atoms with E-state index in [4.69, 9.17) is 9.47 Å². The molecule has 0 aliphatic carbocycles. The molecule has 1 aliphatic rings. The van der Waals surface area contributed by atoms with Gasteiger partial charge in [0.1, 0.15) is 6.61 Å². The quantitative estimate of drug-likeness (QED) is 0.323. The molecule has 0 spiro atoms. The molecule has 8 heteroatoms. The van der Waals surface area contributed by atoms with E-state index < -0.39 is 16.8 Å². The first-order valence-corrected chi connectivity index (χ1v) is 7.58. The molecule has 0 saturated carbocycles. The molecule has 2 rings (SSSR count). The number of rotatable bonds is 7. The van der Waals surface area contributed by atoms with Crippen LogP contribution < -0.4 is 0 Å². The number of nitrogens with zero attached hydrogens (tertiary/aromatic N) is 2. The Kier molecular flexibility index (Phi) is 5.89. The van der Waals surface area contributed by atoms with Crippen LogP contribution in [0.2, 0.25) is 0 Å². The van der Waals surface area contributed by atoms with Crippen molar-refractivity contribution in [2.75, 3.05) is 20.3 Å². The Hall–Kier alpha value is -3.16. The fourth-order valence-electron chi connectivity index (χ4n) is 2.76. The molecular formula is C17H18N2O6. The van der Waals surface area contributed by atoms with E-state index in [0.717, 1.165) is 0 Å². The van der Waals surface area contributed by atoms with Crippen molar-refractivity contribution >= 4 is 18.1 Å². The van der Waals surface area contributed by atoms with E-state index in [1.54, 1.807) is 35.5 Å². The van der Waals surface area contributed by atoms with Gasteiger partial charge in [-0.25, -0.2) is 4.79 Å². The first-order chi connectivity index (χ1) is 12.0. The smallest absolute Gasteiger partial charge is 0.336 e. The number of carbonyl (C=O) groups excluding carboxylic acids is 2. The Morgan fingerprint density at radius 3 is 2.68 bits per heavy atom. The number of nitro groups is 1. The molecule has 0 saturated heterocycles. The number of ether oxygens (including phenoxy) is 2. The molecule has 132 valence electrons. The van der Waals surface area contributed by atoms with Crippen LogP contribution >= 0.6 is 0 Å². The van der Waals surface area contributed by atoms with Gasteiger partial charge in [-0.05, 0) is 12.5 Å². The third-order valence-electron chi connectivity index (χ3n) is 3.87. The fourth-order valence-corrected chi connectivity index (χ4v) is 2.76. The van der Waals surface area contributed by atoms with Gasteiger partial charge in [0.05, 0.1) is 23.5 Å². The van der Waals surface area contributed by atoms with E-state index in [9.17, 15) is 19.7 Å². The van der Waals surface area contributed by atoms with Gasteiger partial charge in [-0.3, -0.25) is 14.9 Å². The van der Waals surface area contributed by atoms with E-state index in [1.165, 1.54) is 13.2 Å². The number of carbonyl (C=O) groups is 2. The molecule has 1 atom stereocenters. The van der Waals surface area contributed by atoms with Gasteiger partial charge < -0.3 is 14.4 Å². The summed E-state index contributed by atoms with van der Waals surface area (Å²) in [6.07, 6.45) is 3.31. The van der Waals surface area contributed by atoms with Crippen LogP contribution in [0.25, 0.3) is 0 Å². The molecule has 1 aromatic rings. The highest BCUT2D eigenvalue weighted by Crippen LogP contribution is 2.40. The minimum absolute atomic E-state index is 0.0922. The summed E-state index contributed by atoms with van der Waals surface area (Å²) in [6.45, 7) is 2.65. The average molecular weight is 346 g/mol. The standard InChI is InChI=1S/C17H18N2O6/c1-3-18-8-12(10-25-11-20)16(14(9-18)17(21)24-2)13-6-4-5-7-15(13)19(22)23/h4-9,11,16H,3,10H2,1-2H3. The average Bonchev–Trinajstić information content (AvgIpc) is 2.64. The lowest BCUT2D eigenvalue weighted by molar-refractivity contribution is -0.385. The summed E-state index contributed by atoms with van der Waals surface area (Å²) in [5.74, 6) is -1.34. The number of nitro benzene ring substituents is 1. The van der Waals surface area contributed by atoms with Crippen LogP contribution in [0.5, 0.6) is 0 Å². The Bertz CT molecular complexity index is 740. The van der Waals surface area contributed by atoms with Crippen molar-refractivity contribution in [3.8, 4) is 0 Å². The summed E-state index contributed by atoms with van der Waals surface area (Å²) in [4.78, 5) is 35.5. The van der Waals surface area contributed by atoms with Crippen LogP contribution in [0.4, 0.5) is 5.69 Å². The normalized spacial score (nSPS) is 16.6. The van der Waals surface area contributed by atoms with Gasteiger partial charge in [0.15, 0.2) is 0 Å². The van der Waals surface area contributed by atoms with Gasteiger partial charge in [0, 0.05) is 30.6 Å². The maximum Gasteiger partial charge on any atom is 0.336 e. The van der Waals surface area contributed by atoms with E-state index in [0.29, 0.717) is 24.2 Å².